The van der Waals surface area contributed by atoms with Gasteiger partial charge in [0.15, 0.2) is 0 Å². The molecule has 0 saturated heterocycles. The van der Waals surface area contributed by atoms with E-state index in [0.29, 0.717) is 0 Å². The van der Waals surface area contributed by atoms with Crippen LogP contribution in [0.2, 0.25) is 0 Å². The van der Waals surface area contributed by atoms with Crippen molar-refractivity contribution >= 4 is 5.91 Å². The number of carbonyl (C=O) groups excluding carboxylic acids is 1. The minimum Gasteiger partial charge on any atom is -0.359 e. The molecule has 1 aromatic carbocycles. The average molecular weight is 205 g/mol. The van der Waals surface area contributed by atoms with Crippen LogP contribution in [0.1, 0.15) is 36.0 Å². The van der Waals surface area contributed by atoms with Crippen molar-refractivity contribution in [3.63, 3.8) is 0 Å². The Morgan fingerprint density at radius 1 is 1.40 bits per heavy atom. The maximum absolute atomic E-state index is 11.7. The summed E-state index contributed by atoms with van der Waals surface area (Å²) in [6, 6.07) is 6.14. The molecule has 1 rings (SSSR count). The lowest BCUT2D eigenvalue weighted by Gasteiger charge is -2.17. The zero-order valence-electron chi connectivity index (χ0n) is 9.92. The van der Waals surface area contributed by atoms with E-state index in [-0.39, 0.29) is 11.8 Å². The summed E-state index contributed by atoms with van der Waals surface area (Å²) in [5, 5.41) is 2.72. The first-order chi connectivity index (χ1) is 7.11. The lowest BCUT2D eigenvalue weighted by atomic mass is 9.90. The molecule has 0 aliphatic rings. The van der Waals surface area contributed by atoms with Gasteiger partial charge in [-0.3, -0.25) is 4.79 Å². The quantitative estimate of drug-likeness (QED) is 0.807. The Hall–Kier alpha value is -1.31. The molecular weight excluding hydrogens is 186 g/mol. The number of hydrogen-bond acceptors (Lipinski definition) is 1. The Morgan fingerprint density at radius 2 is 2.07 bits per heavy atom. The molecule has 0 aliphatic carbocycles. The zero-order valence-corrected chi connectivity index (χ0v) is 9.92. The SMILES string of the molecule is CCC(C(=O)NC)c1cccc(C)c1C. The predicted octanol–water partition coefficient (Wildman–Crippen LogP) is 2.54. The maximum Gasteiger partial charge on any atom is 0.227 e. The number of aryl methyl sites for hydroxylation is 1. The molecule has 1 unspecified atom stereocenters. The maximum atomic E-state index is 11.7. The second-order valence-corrected chi connectivity index (χ2v) is 3.86. The van der Waals surface area contributed by atoms with Crippen LogP contribution in [0, 0.1) is 13.8 Å². The van der Waals surface area contributed by atoms with Crippen molar-refractivity contribution in [3.8, 4) is 0 Å². The fraction of sp³-hybridized carbons (Fsp3) is 0.462. The standard InChI is InChI=1S/C13H19NO/c1-5-11(13(15)14-4)12-8-6-7-9(2)10(12)3/h6-8,11H,5H2,1-4H3,(H,14,15). The molecule has 15 heavy (non-hydrogen) atoms. The van der Waals surface area contributed by atoms with Crippen molar-refractivity contribution < 1.29 is 4.79 Å². The van der Waals surface area contributed by atoms with E-state index in [4.69, 9.17) is 0 Å². The minimum absolute atomic E-state index is 0.0186. The van der Waals surface area contributed by atoms with Gasteiger partial charge < -0.3 is 5.32 Å². The van der Waals surface area contributed by atoms with Crippen molar-refractivity contribution in [2.75, 3.05) is 7.05 Å². The van der Waals surface area contributed by atoms with Gasteiger partial charge in [0, 0.05) is 7.05 Å². The van der Waals surface area contributed by atoms with Crippen molar-refractivity contribution in [3.05, 3.63) is 34.9 Å². The predicted molar refractivity (Wildman–Crippen MR) is 63.0 cm³/mol. The fourth-order valence-electron chi connectivity index (χ4n) is 1.87. The molecule has 1 aromatic rings. The second-order valence-electron chi connectivity index (χ2n) is 3.86. The smallest absolute Gasteiger partial charge is 0.227 e. The van der Waals surface area contributed by atoms with Crippen LogP contribution in [0.25, 0.3) is 0 Å². The molecule has 1 atom stereocenters. The number of nitrogens with one attached hydrogen (secondary N) is 1. The topological polar surface area (TPSA) is 29.1 Å². The molecule has 0 aliphatic heterocycles. The van der Waals surface area contributed by atoms with Gasteiger partial charge in [0.25, 0.3) is 0 Å². The molecule has 1 amide bonds. The number of rotatable bonds is 3. The molecule has 0 heterocycles. The summed E-state index contributed by atoms with van der Waals surface area (Å²) in [7, 11) is 1.69. The first-order valence-electron chi connectivity index (χ1n) is 5.39. The summed E-state index contributed by atoms with van der Waals surface area (Å²) in [5.41, 5.74) is 3.62. The van der Waals surface area contributed by atoms with Crippen LogP contribution in [-0.2, 0) is 4.79 Å². The van der Waals surface area contributed by atoms with Crippen molar-refractivity contribution in [1.82, 2.24) is 5.32 Å². The lowest BCUT2D eigenvalue weighted by Crippen LogP contribution is -2.26. The van der Waals surface area contributed by atoms with Crippen LogP contribution in [-0.4, -0.2) is 13.0 Å². The molecule has 2 heteroatoms. The Kier molecular flexibility index (Phi) is 3.89. The molecule has 0 saturated carbocycles. The average Bonchev–Trinajstić information content (AvgIpc) is 2.24. The van der Waals surface area contributed by atoms with Crippen LogP contribution >= 0.6 is 0 Å². The normalized spacial score (nSPS) is 12.3. The largest absolute Gasteiger partial charge is 0.359 e. The lowest BCUT2D eigenvalue weighted by molar-refractivity contribution is -0.122. The summed E-state index contributed by atoms with van der Waals surface area (Å²) in [5.74, 6) is 0.0844. The van der Waals surface area contributed by atoms with E-state index in [0.717, 1.165) is 12.0 Å². The third-order valence-corrected chi connectivity index (χ3v) is 2.99. The molecule has 0 spiro atoms. The number of amides is 1. The van der Waals surface area contributed by atoms with Crippen LogP contribution in [0.15, 0.2) is 18.2 Å². The molecular formula is C13H19NO. The van der Waals surface area contributed by atoms with E-state index in [2.05, 4.69) is 25.2 Å². The Labute approximate surface area is 91.7 Å². The van der Waals surface area contributed by atoms with Crippen molar-refractivity contribution in [1.29, 1.82) is 0 Å². The number of hydrogen-bond donors (Lipinski definition) is 1. The van der Waals surface area contributed by atoms with Gasteiger partial charge in [0.2, 0.25) is 5.91 Å². The van der Waals surface area contributed by atoms with Gasteiger partial charge in [-0.15, -0.1) is 0 Å². The first-order valence-corrected chi connectivity index (χ1v) is 5.39. The van der Waals surface area contributed by atoms with Gasteiger partial charge >= 0.3 is 0 Å². The molecule has 0 radical (unpaired) electrons. The minimum atomic E-state index is -0.0186. The van der Waals surface area contributed by atoms with E-state index in [9.17, 15) is 4.79 Å². The highest BCUT2D eigenvalue weighted by Gasteiger charge is 2.19. The van der Waals surface area contributed by atoms with E-state index in [1.807, 2.05) is 19.1 Å². The summed E-state index contributed by atoms with van der Waals surface area (Å²) in [6.45, 7) is 6.20. The van der Waals surface area contributed by atoms with E-state index >= 15 is 0 Å². The fourth-order valence-corrected chi connectivity index (χ4v) is 1.87. The van der Waals surface area contributed by atoms with Crippen LogP contribution in [0.5, 0.6) is 0 Å². The van der Waals surface area contributed by atoms with Crippen molar-refractivity contribution in [2.45, 2.75) is 33.1 Å². The summed E-state index contributed by atoms with van der Waals surface area (Å²) in [4.78, 5) is 11.7. The van der Waals surface area contributed by atoms with E-state index in [1.165, 1.54) is 11.1 Å². The highest BCUT2D eigenvalue weighted by atomic mass is 16.1. The molecule has 2 nitrogen and oxygen atoms in total. The Balaban J connectivity index is 3.12. The van der Waals surface area contributed by atoms with E-state index in [1.54, 1.807) is 7.05 Å². The number of carbonyl (C=O) groups is 1. The van der Waals surface area contributed by atoms with Gasteiger partial charge in [-0.2, -0.15) is 0 Å². The van der Waals surface area contributed by atoms with Crippen LogP contribution in [0.3, 0.4) is 0 Å². The number of likely N-dealkylation sites (N-methyl/N-ethyl adjacent to an activating group) is 1. The van der Waals surface area contributed by atoms with Gasteiger partial charge in [0.05, 0.1) is 5.92 Å². The van der Waals surface area contributed by atoms with Crippen molar-refractivity contribution in [2.24, 2.45) is 0 Å². The summed E-state index contributed by atoms with van der Waals surface area (Å²) < 4.78 is 0. The highest BCUT2D eigenvalue weighted by molar-refractivity contribution is 5.83. The Morgan fingerprint density at radius 3 is 2.60 bits per heavy atom. The molecule has 0 aromatic heterocycles. The third-order valence-electron chi connectivity index (χ3n) is 2.99. The summed E-state index contributed by atoms with van der Waals surface area (Å²) >= 11 is 0. The molecule has 1 N–H and O–H groups in total. The highest BCUT2D eigenvalue weighted by Crippen LogP contribution is 2.24. The van der Waals surface area contributed by atoms with Gasteiger partial charge in [-0.05, 0) is 37.0 Å². The van der Waals surface area contributed by atoms with E-state index < -0.39 is 0 Å². The molecule has 0 bridgehead atoms. The van der Waals surface area contributed by atoms with Gasteiger partial charge in [-0.1, -0.05) is 25.1 Å². The molecule has 82 valence electrons. The number of benzene rings is 1. The first kappa shape index (κ1) is 11.8. The Bertz CT molecular complexity index is 358. The third kappa shape index (κ3) is 2.38. The van der Waals surface area contributed by atoms with Crippen LogP contribution in [0.4, 0.5) is 0 Å². The zero-order chi connectivity index (χ0) is 11.4. The van der Waals surface area contributed by atoms with Crippen LogP contribution < -0.4 is 5.32 Å². The summed E-state index contributed by atoms with van der Waals surface area (Å²) in [6.07, 6.45) is 0.837. The van der Waals surface area contributed by atoms with Gasteiger partial charge in [-0.25, -0.2) is 0 Å². The van der Waals surface area contributed by atoms with Gasteiger partial charge in [0.1, 0.15) is 0 Å². The molecule has 0 fully saturated rings. The second kappa shape index (κ2) is 4.96. The monoisotopic (exact) mass is 205 g/mol.